The first-order valence-corrected chi connectivity index (χ1v) is 10.0. The largest absolute Gasteiger partial charge is 0.460 e. The predicted octanol–water partition coefficient (Wildman–Crippen LogP) is 2.12. The third-order valence-electron chi connectivity index (χ3n) is 4.65. The summed E-state index contributed by atoms with van der Waals surface area (Å²) in [5.74, 6) is 0. The Bertz CT molecular complexity index is 675. The average molecular weight is 352 g/mol. The minimum absolute atomic E-state index is 0.0847. The van der Waals surface area contributed by atoms with E-state index in [4.69, 9.17) is 9.84 Å². The molecule has 1 aliphatic heterocycles. The van der Waals surface area contributed by atoms with Gasteiger partial charge in [0.05, 0.1) is 6.04 Å². The fourth-order valence-corrected chi connectivity index (χ4v) is 4.90. The van der Waals surface area contributed by atoms with Crippen molar-refractivity contribution >= 4 is 16.0 Å². The molecule has 132 valence electrons. The van der Waals surface area contributed by atoms with E-state index in [1.54, 1.807) is 0 Å². The second-order valence-electron chi connectivity index (χ2n) is 6.36. The van der Waals surface area contributed by atoms with Crippen LogP contribution >= 0.6 is 0 Å². The summed E-state index contributed by atoms with van der Waals surface area (Å²) in [5.41, 5.74) is 1.01. The average Bonchev–Trinajstić information content (AvgIpc) is 2.59. The second kappa shape index (κ2) is 7.53. The Morgan fingerprint density at radius 3 is 2.75 bits per heavy atom. The molecule has 0 aromatic heterocycles. The number of nitrogens with one attached hydrogen (secondary N) is 1. The lowest BCUT2D eigenvalue weighted by atomic mass is 9.97. The summed E-state index contributed by atoms with van der Waals surface area (Å²) in [6.07, 6.45) is 4.23. The first-order valence-electron chi connectivity index (χ1n) is 8.53. The van der Waals surface area contributed by atoms with Crippen LogP contribution in [-0.2, 0) is 14.8 Å². The van der Waals surface area contributed by atoms with E-state index in [9.17, 15) is 8.42 Å². The number of sulfonamides is 1. The minimum Gasteiger partial charge on any atom is -0.460 e. The van der Waals surface area contributed by atoms with Crippen LogP contribution in [0.2, 0.25) is 0 Å². The molecule has 3 atom stereocenters. The number of nitrogens with zero attached hydrogens (tertiary/aromatic N) is 1. The van der Waals surface area contributed by atoms with E-state index < -0.39 is 15.3 Å². The highest BCUT2D eigenvalue weighted by Gasteiger charge is 2.41. The highest BCUT2D eigenvalue weighted by Crippen LogP contribution is 2.31. The number of amidine groups is 1. The maximum Gasteiger partial charge on any atom is 0.301 e. The zero-order chi connectivity index (χ0) is 17.0. The van der Waals surface area contributed by atoms with Crippen LogP contribution in [0.3, 0.4) is 0 Å². The van der Waals surface area contributed by atoms with Crippen LogP contribution in [0.15, 0.2) is 34.7 Å². The molecule has 1 saturated carbocycles. The number of ether oxygens (including phenoxy) is 1. The summed E-state index contributed by atoms with van der Waals surface area (Å²) >= 11 is 0. The summed E-state index contributed by atoms with van der Waals surface area (Å²) in [6.45, 7) is 0.0847. The lowest BCUT2D eigenvalue weighted by molar-refractivity contribution is 0.131. The third kappa shape index (κ3) is 3.89. The van der Waals surface area contributed by atoms with Crippen LogP contribution in [0.25, 0.3) is 0 Å². The van der Waals surface area contributed by atoms with Crippen molar-refractivity contribution in [3.63, 3.8) is 0 Å². The highest BCUT2D eigenvalue weighted by atomic mass is 32.2. The molecular weight excluding hydrogens is 328 g/mol. The van der Waals surface area contributed by atoms with Crippen LogP contribution in [0.4, 0.5) is 0 Å². The van der Waals surface area contributed by atoms with Gasteiger partial charge in [0, 0.05) is 6.61 Å². The number of aliphatic hydroxyl groups excluding tert-OH is 1. The van der Waals surface area contributed by atoms with E-state index in [1.165, 1.54) is 0 Å². The summed E-state index contributed by atoms with van der Waals surface area (Å²) in [5, 5.41) is 11.7. The van der Waals surface area contributed by atoms with Gasteiger partial charge in [-0.15, -0.1) is 4.40 Å². The van der Waals surface area contributed by atoms with Crippen molar-refractivity contribution in [1.82, 2.24) is 5.32 Å². The molecule has 1 aromatic carbocycles. The maximum absolute atomic E-state index is 12.4. The molecule has 2 aliphatic rings. The fourth-order valence-electron chi connectivity index (χ4n) is 3.40. The van der Waals surface area contributed by atoms with Gasteiger partial charge in [-0.3, -0.25) is 0 Å². The summed E-state index contributed by atoms with van der Waals surface area (Å²) in [6, 6.07) is 9.67. The third-order valence-corrected chi connectivity index (χ3v) is 6.37. The molecule has 0 saturated heterocycles. The fraction of sp³-hybridized carbons (Fsp3) is 0.588. The van der Waals surface area contributed by atoms with Crippen LogP contribution in [0.1, 0.15) is 50.1 Å². The van der Waals surface area contributed by atoms with Gasteiger partial charge in [0.15, 0.2) is 0 Å². The van der Waals surface area contributed by atoms with Crippen molar-refractivity contribution in [3.05, 3.63) is 35.9 Å². The van der Waals surface area contributed by atoms with Crippen molar-refractivity contribution in [2.45, 2.75) is 55.9 Å². The van der Waals surface area contributed by atoms with E-state index >= 15 is 0 Å². The van der Waals surface area contributed by atoms with E-state index in [0.717, 1.165) is 24.8 Å². The molecule has 1 aromatic rings. The standard InChI is InChI=1S/C17H24N2O4S/c20-12-6-9-14(13-7-2-1-3-8-13)18-17-19-24(21,22)16-11-5-4-10-15(16)23-17/h1-3,7-8,14-16,20H,4-6,9-12H2,(H,18,19)/t14-,15?,16?/m1/s1. The zero-order valence-electron chi connectivity index (χ0n) is 13.6. The Morgan fingerprint density at radius 2 is 2.00 bits per heavy atom. The SMILES string of the molecule is O=S1(=O)N=C(N[C@H](CCCO)c2ccccc2)OC2CCCCC21. The van der Waals surface area contributed by atoms with Crippen LogP contribution in [0.5, 0.6) is 0 Å². The Kier molecular flexibility index (Phi) is 5.40. The van der Waals surface area contributed by atoms with Crippen molar-refractivity contribution < 1.29 is 18.3 Å². The van der Waals surface area contributed by atoms with Crippen molar-refractivity contribution in [1.29, 1.82) is 0 Å². The van der Waals surface area contributed by atoms with Gasteiger partial charge < -0.3 is 15.2 Å². The van der Waals surface area contributed by atoms with Gasteiger partial charge in [0.25, 0.3) is 10.0 Å². The number of aliphatic hydroxyl groups is 1. The van der Waals surface area contributed by atoms with Gasteiger partial charge >= 0.3 is 6.02 Å². The number of fused-ring (bicyclic) bond motifs is 1. The maximum atomic E-state index is 12.4. The Morgan fingerprint density at radius 1 is 1.25 bits per heavy atom. The normalized spacial score (nSPS) is 26.6. The smallest absolute Gasteiger partial charge is 0.301 e. The first-order chi connectivity index (χ1) is 11.6. The van der Waals surface area contributed by atoms with Crippen molar-refractivity contribution in [2.75, 3.05) is 6.61 Å². The van der Waals surface area contributed by atoms with Gasteiger partial charge in [-0.1, -0.05) is 36.8 Å². The molecule has 1 heterocycles. The molecule has 6 nitrogen and oxygen atoms in total. The molecule has 2 N–H and O–H groups in total. The summed E-state index contributed by atoms with van der Waals surface area (Å²) < 4.78 is 34.5. The molecule has 24 heavy (non-hydrogen) atoms. The van der Waals surface area contributed by atoms with Gasteiger partial charge in [0.2, 0.25) is 0 Å². The van der Waals surface area contributed by atoms with E-state index in [2.05, 4.69) is 9.71 Å². The Labute approximate surface area is 143 Å². The van der Waals surface area contributed by atoms with Gasteiger partial charge in [-0.2, -0.15) is 0 Å². The van der Waals surface area contributed by atoms with Crippen molar-refractivity contribution in [2.24, 2.45) is 4.40 Å². The summed E-state index contributed by atoms with van der Waals surface area (Å²) in [4.78, 5) is 0. The molecule has 2 unspecified atom stereocenters. The summed E-state index contributed by atoms with van der Waals surface area (Å²) in [7, 11) is -3.53. The number of benzene rings is 1. The highest BCUT2D eigenvalue weighted by molar-refractivity contribution is 7.91. The predicted molar refractivity (Wildman–Crippen MR) is 92.1 cm³/mol. The zero-order valence-corrected chi connectivity index (χ0v) is 14.4. The quantitative estimate of drug-likeness (QED) is 0.847. The molecule has 1 aliphatic carbocycles. The second-order valence-corrected chi connectivity index (χ2v) is 8.18. The Balaban J connectivity index is 1.80. The lowest BCUT2D eigenvalue weighted by Crippen LogP contribution is -2.47. The molecule has 0 radical (unpaired) electrons. The minimum atomic E-state index is -3.53. The molecular formula is C17H24N2O4S. The number of rotatable bonds is 5. The molecule has 3 rings (SSSR count). The van der Waals surface area contributed by atoms with E-state index in [1.807, 2.05) is 30.3 Å². The van der Waals surface area contributed by atoms with Crippen molar-refractivity contribution in [3.8, 4) is 0 Å². The van der Waals surface area contributed by atoms with Crippen LogP contribution in [-0.4, -0.2) is 37.5 Å². The molecule has 0 amide bonds. The molecule has 7 heteroatoms. The van der Waals surface area contributed by atoms with Crippen LogP contribution < -0.4 is 5.32 Å². The van der Waals surface area contributed by atoms with Gasteiger partial charge in [0.1, 0.15) is 11.4 Å². The lowest BCUT2D eigenvalue weighted by Gasteiger charge is -2.34. The molecule has 0 bridgehead atoms. The van der Waals surface area contributed by atoms with E-state index in [-0.39, 0.29) is 24.8 Å². The first kappa shape index (κ1) is 17.2. The molecule has 1 fully saturated rings. The topological polar surface area (TPSA) is 88.0 Å². The van der Waals surface area contributed by atoms with Gasteiger partial charge in [-0.05, 0) is 37.7 Å². The Hall–Kier alpha value is -1.60. The molecule has 0 spiro atoms. The van der Waals surface area contributed by atoms with Crippen LogP contribution in [0, 0.1) is 0 Å². The monoisotopic (exact) mass is 352 g/mol. The number of hydrogen-bond donors (Lipinski definition) is 2. The van der Waals surface area contributed by atoms with Gasteiger partial charge in [-0.25, -0.2) is 8.42 Å². The number of hydrogen-bond acceptors (Lipinski definition) is 5. The van der Waals surface area contributed by atoms with E-state index in [0.29, 0.717) is 19.3 Å².